The van der Waals surface area contributed by atoms with Crippen LogP contribution in [0.4, 0.5) is 11.4 Å². The predicted octanol–water partition coefficient (Wildman–Crippen LogP) is 0.190. The quantitative estimate of drug-likeness (QED) is 0.601. The zero-order valence-corrected chi connectivity index (χ0v) is 10.4. The molecular weight excluding hydrogens is 250 g/mol. The van der Waals surface area contributed by atoms with E-state index in [9.17, 15) is 14.9 Å². The van der Waals surface area contributed by atoms with E-state index in [1.165, 1.54) is 19.1 Å². The highest BCUT2D eigenvalue weighted by Crippen LogP contribution is 2.31. The molecule has 1 heterocycles. The van der Waals surface area contributed by atoms with Crippen molar-refractivity contribution in [1.82, 2.24) is 5.32 Å². The Kier molecular flexibility index (Phi) is 3.57. The number of amides is 1. The van der Waals surface area contributed by atoms with Crippen LogP contribution < -0.4 is 5.32 Å². The number of nitrogens with one attached hydrogen (secondary N) is 1. The van der Waals surface area contributed by atoms with Gasteiger partial charge >= 0.3 is 17.6 Å². The lowest BCUT2D eigenvalue weighted by Crippen LogP contribution is -2.48. The molecule has 100 valence electrons. The summed E-state index contributed by atoms with van der Waals surface area (Å²) in [5.41, 5.74) is 0.484. The number of aliphatic hydroxyl groups is 1. The van der Waals surface area contributed by atoms with Gasteiger partial charge in [-0.2, -0.15) is 4.74 Å². The number of aliphatic hydroxyl groups excluding tert-OH is 1. The molecule has 0 saturated heterocycles. The van der Waals surface area contributed by atoms with Gasteiger partial charge in [-0.25, -0.2) is 0 Å². The normalized spacial score (nSPS) is 18.2. The van der Waals surface area contributed by atoms with Crippen molar-refractivity contribution in [2.45, 2.75) is 13.0 Å². The van der Waals surface area contributed by atoms with Crippen LogP contribution in [-0.4, -0.2) is 45.4 Å². The molecule has 0 aliphatic carbocycles. The Bertz CT molecular complexity index is 568. The first-order valence-electron chi connectivity index (χ1n) is 5.82. The minimum absolute atomic E-state index is 0.0386. The van der Waals surface area contributed by atoms with Gasteiger partial charge in [0.25, 0.3) is 11.4 Å². The summed E-state index contributed by atoms with van der Waals surface area (Å²) >= 11 is 0. The Balaban J connectivity index is 2.42. The smallest absolute Gasteiger partial charge is 0.363 e. The van der Waals surface area contributed by atoms with Crippen LogP contribution in [0, 0.1) is 10.1 Å². The highest BCUT2D eigenvalue weighted by atomic mass is 16.5. The molecule has 1 aromatic rings. The molecule has 1 atom stereocenters. The van der Waals surface area contributed by atoms with Crippen molar-refractivity contribution in [1.29, 1.82) is 0 Å². The fraction of sp³-hybridized carbons (Fsp3) is 0.333. The molecule has 1 aromatic carbocycles. The van der Waals surface area contributed by atoms with Gasteiger partial charge in [0.05, 0.1) is 11.4 Å². The van der Waals surface area contributed by atoms with Gasteiger partial charge in [-0.1, -0.05) is 12.1 Å². The molecule has 1 amide bonds. The average molecular weight is 264 g/mol. The lowest BCUT2D eigenvalue weighted by molar-refractivity contribution is -0.509. The van der Waals surface area contributed by atoms with Gasteiger partial charge in [0.15, 0.2) is 0 Å². The number of hydrogen-bond donors (Lipinski definition) is 2. The Morgan fingerprint density at radius 1 is 1.42 bits per heavy atom. The monoisotopic (exact) mass is 264 g/mol. The van der Waals surface area contributed by atoms with E-state index in [1.807, 2.05) is 0 Å². The summed E-state index contributed by atoms with van der Waals surface area (Å²) < 4.78 is 1.11. The van der Waals surface area contributed by atoms with E-state index in [0.717, 1.165) is 0 Å². The minimum Gasteiger partial charge on any atom is -0.618 e. The van der Waals surface area contributed by atoms with Crippen LogP contribution in [0.3, 0.4) is 0 Å². The minimum atomic E-state index is -1.21. The zero-order chi connectivity index (χ0) is 14.0. The van der Waals surface area contributed by atoms with E-state index in [1.54, 1.807) is 12.1 Å². The Hall–Kier alpha value is -2.28. The Morgan fingerprint density at radius 2 is 2.05 bits per heavy atom. The molecule has 7 nitrogen and oxygen atoms in total. The van der Waals surface area contributed by atoms with Crippen molar-refractivity contribution >= 4 is 23.0 Å². The standard InChI is InChI=1S/C12H13N3O4/c1-8-11(12(17)13-6-7-16)15(19)10-5-3-2-4-9(10)14(8)18/h2-5,11,16H,6-7H2,1H3/p+1. The van der Waals surface area contributed by atoms with Crippen molar-refractivity contribution in [3.63, 3.8) is 0 Å². The summed E-state index contributed by atoms with van der Waals surface area (Å²) in [5.74, 6) is -0.600. The third kappa shape index (κ3) is 2.19. The number of nitroso groups, excluding NO2 is 1. The van der Waals surface area contributed by atoms with Gasteiger partial charge in [-0.3, -0.25) is 4.79 Å². The summed E-state index contributed by atoms with van der Waals surface area (Å²) in [6.07, 6.45) is 0. The number of carbonyl (C=O) groups is 1. The molecule has 1 aliphatic heterocycles. The number of fused-ring (bicyclic) bond motifs is 1. The SMILES string of the molecule is CC1=[N+]([O-])c2ccccc2[N+](=O)C1C(=O)NCCO. The maximum Gasteiger partial charge on any atom is 0.363 e. The van der Waals surface area contributed by atoms with Gasteiger partial charge in [0, 0.05) is 30.5 Å². The highest BCUT2D eigenvalue weighted by Gasteiger charge is 2.48. The molecule has 1 aliphatic rings. The maximum absolute atomic E-state index is 12.2. The third-order valence-electron chi connectivity index (χ3n) is 2.95. The summed E-state index contributed by atoms with van der Waals surface area (Å²) in [7, 11) is 0. The topological polar surface area (TPSA) is 95.5 Å². The summed E-state index contributed by atoms with van der Waals surface area (Å²) in [5, 5.41) is 23.1. The van der Waals surface area contributed by atoms with Crippen LogP contribution in [0.15, 0.2) is 24.3 Å². The van der Waals surface area contributed by atoms with E-state index in [0.29, 0.717) is 9.50 Å². The van der Waals surface area contributed by atoms with Crippen molar-refractivity contribution < 1.29 is 19.4 Å². The lowest BCUT2D eigenvalue weighted by atomic mass is 10.1. The molecule has 0 saturated carbocycles. The van der Waals surface area contributed by atoms with Crippen molar-refractivity contribution in [3.05, 3.63) is 34.4 Å². The fourth-order valence-corrected chi connectivity index (χ4v) is 2.00. The van der Waals surface area contributed by atoms with E-state index in [2.05, 4.69) is 5.32 Å². The molecule has 0 radical (unpaired) electrons. The first kappa shape index (κ1) is 13.2. The molecule has 0 spiro atoms. The second-order valence-electron chi connectivity index (χ2n) is 4.17. The largest absolute Gasteiger partial charge is 0.618 e. The van der Waals surface area contributed by atoms with Crippen LogP contribution in [0.5, 0.6) is 0 Å². The molecule has 0 fully saturated rings. The summed E-state index contributed by atoms with van der Waals surface area (Å²) in [6.45, 7) is 1.25. The number of hydrogen-bond acceptors (Lipinski definition) is 4. The van der Waals surface area contributed by atoms with Crippen molar-refractivity contribution in [3.8, 4) is 0 Å². The third-order valence-corrected chi connectivity index (χ3v) is 2.95. The van der Waals surface area contributed by atoms with Crippen LogP contribution in [0.2, 0.25) is 0 Å². The molecule has 2 N–H and O–H groups in total. The molecular formula is C12H14N3O4+. The van der Waals surface area contributed by atoms with Crippen molar-refractivity contribution in [2.24, 2.45) is 0 Å². The molecule has 2 rings (SSSR count). The molecule has 0 aromatic heterocycles. The van der Waals surface area contributed by atoms with E-state index in [-0.39, 0.29) is 30.2 Å². The van der Waals surface area contributed by atoms with Gasteiger partial charge < -0.3 is 15.6 Å². The van der Waals surface area contributed by atoms with Gasteiger partial charge in [0.1, 0.15) is 0 Å². The van der Waals surface area contributed by atoms with E-state index >= 15 is 0 Å². The molecule has 19 heavy (non-hydrogen) atoms. The second kappa shape index (κ2) is 5.15. The first-order chi connectivity index (χ1) is 9.07. The zero-order valence-electron chi connectivity index (χ0n) is 10.4. The van der Waals surface area contributed by atoms with E-state index < -0.39 is 11.9 Å². The van der Waals surface area contributed by atoms with Crippen LogP contribution in [0.25, 0.3) is 0 Å². The van der Waals surface area contributed by atoms with Gasteiger partial charge in [-0.15, -0.1) is 0 Å². The molecule has 1 unspecified atom stereocenters. The van der Waals surface area contributed by atoms with Crippen LogP contribution in [0.1, 0.15) is 6.92 Å². The summed E-state index contributed by atoms with van der Waals surface area (Å²) in [6, 6.07) is 5.08. The molecule has 0 bridgehead atoms. The van der Waals surface area contributed by atoms with Crippen LogP contribution >= 0.6 is 0 Å². The fourth-order valence-electron chi connectivity index (χ4n) is 2.00. The Morgan fingerprint density at radius 3 is 2.68 bits per heavy atom. The number of rotatable bonds is 3. The van der Waals surface area contributed by atoms with Gasteiger partial charge in [0.2, 0.25) is 0 Å². The Labute approximate surface area is 109 Å². The van der Waals surface area contributed by atoms with Crippen molar-refractivity contribution in [2.75, 3.05) is 13.2 Å². The first-order valence-corrected chi connectivity index (χ1v) is 5.82. The van der Waals surface area contributed by atoms with Crippen LogP contribution in [-0.2, 0) is 4.79 Å². The molecule has 7 heteroatoms. The number of nitrogens with zero attached hydrogens (tertiary/aromatic N) is 2. The average Bonchev–Trinajstić information content (AvgIpc) is 2.43. The summed E-state index contributed by atoms with van der Waals surface area (Å²) in [4.78, 5) is 24.1. The van der Waals surface area contributed by atoms with E-state index in [4.69, 9.17) is 5.11 Å². The number of para-hydroxylation sites is 2. The highest BCUT2D eigenvalue weighted by molar-refractivity contribution is 6.04. The predicted molar refractivity (Wildman–Crippen MR) is 67.6 cm³/mol. The lowest BCUT2D eigenvalue weighted by Gasteiger charge is -2.16. The maximum atomic E-state index is 12.2. The van der Waals surface area contributed by atoms with Gasteiger partial charge in [-0.05, 0) is 0 Å². The number of benzene rings is 1. The number of carbonyl (C=O) groups excluding carboxylic acids is 1. The second-order valence-corrected chi connectivity index (χ2v) is 4.17.